The van der Waals surface area contributed by atoms with E-state index in [9.17, 15) is 4.79 Å². The van der Waals surface area contributed by atoms with Crippen LogP contribution in [0.2, 0.25) is 0 Å². The van der Waals surface area contributed by atoms with E-state index in [-0.39, 0.29) is 5.91 Å². The van der Waals surface area contributed by atoms with E-state index >= 15 is 0 Å². The van der Waals surface area contributed by atoms with E-state index in [1.54, 1.807) is 25.5 Å². The van der Waals surface area contributed by atoms with E-state index in [0.717, 1.165) is 15.9 Å². The van der Waals surface area contributed by atoms with Gasteiger partial charge in [0.15, 0.2) is 0 Å². The van der Waals surface area contributed by atoms with E-state index in [2.05, 4.69) is 36.5 Å². The van der Waals surface area contributed by atoms with Gasteiger partial charge in [-0.1, -0.05) is 0 Å². The average Bonchev–Trinajstić information content (AvgIpc) is 2.41. The van der Waals surface area contributed by atoms with Gasteiger partial charge in [-0.2, -0.15) is 0 Å². The summed E-state index contributed by atoms with van der Waals surface area (Å²) >= 11 is 3.34. The van der Waals surface area contributed by atoms with Gasteiger partial charge < -0.3 is 10.6 Å². The Labute approximate surface area is 119 Å². The predicted octanol–water partition coefficient (Wildman–Crippen LogP) is 2.84. The minimum absolute atomic E-state index is 0.253. The zero-order chi connectivity index (χ0) is 13.8. The molecule has 0 bridgehead atoms. The Morgan fingerprint density at radius 3 is 2.84 bits per heavy atom. The van der Waals surface area contributed by atoms with Crippen LogP contribution in [-0.4, -0.2) is 22.9 Å². The summed E-state index contributed by atoms with van der Waals surface area (Å²) in [5.41, 5.74) is 2.06. The topological polar surface area (TPSA) is 66.9 Å². The second kappa shape index (κ2) is 5.79. The number of aryl methyl sites for hydroxylation is 1. The van der Waals surface area contributed by atoms with Crippen LogP contribution >= 0.6 is 15.9 Å². The molecule has 0 spiro atoms. The molecule has 6 heteroatoms. The molecule has 0 aromatic carbocycles. The quantitative estimate of drug-likeness (QED) is 0.912. The van der Waals surface area contributed by atoms with Crippen LogP contribution in [-0.2, 0) is 0 Å². The molecule has 5 nitrogen and oxygen atoms in total. The summed E-state index contributed by atoms with van der Waals surface area (Å²) in [6.45, 7) is 1.87. The fraction of sp³-hybridized carbons (Fsp3) is 0.154. The molecule has 2 aromatic rings. The van der Waals surface area contributed by atoms with Gasteiger partial charge in [0.1, 0.15) is 5.82 Å². The van der Waals surface area contributed by atoms with Crippen molar-refractivity contribution in [1.29, 1.82) is 0 Å². The van der Waals surface area contributed by atoms with Gasteiger partial charge in [0.25, 0.3) is 5.91 Å². The minimum atomic E-state index is -0.253. The first-order valence-corrected chi connectivity index (χ1v) is 6.47. The van der Waals surface area contributed by atoms with Crippen LogP contribution in [0.1, 0.15) is 16.1 Å². The Balaban J connectivity index is 2.28. The molecule has 0 saturated heterocycles. The number of carbonyl (C=O) groups is 1. The number of carbonyl (C=O) groups excluding carboxylic acids is 1. The number of amides is 1. The molecule has 19 heavy (non-hydrogen) atoms. The largest absolute Gasteiger partial charge is 0.387 e. The summed E-state index contributed by atoms with van der Waals surface area (Å²) in [5, 5.41) is 5.73. The van der Waals surface area contributed by atoms with Crippen LogP contribution in [0.3, 0.4) is 0 Å². The van der Waals surface area contributed by atoms with Crippen LogP contribution < -0.4 is 10.6 Å². The highest BCUT2D eigenvalue weighted by atomic mass is 79.9. The zero-order valence-electron chi connectivity index (χ0n) is 10.6. The highest BCUT2D eigenvalue weighted by Crippen LogP contribution is 2.21. The molecular formula is C13H13BrN4O. The molecule has 98 valence electrons. The molecule has 0 unspecified atom stereocenters. The maximum Gasteiger partial charge on any atom is 0.260 e. The van der Waals surface area contributed by atoms with Crippen molar-refractivity contribution >= 4 is 33.3 Å². The SMILES string of the molecule is CNc1cc(C)ncc1C(=O)Nc1ncccc1Br. The van der Waals surface area contributed by atoms with Crippen LogP contribution in [0, 0.1) is 6.92 Å². The van der Waals surface area contributed by atoms with Crippen molar-refractivity contribution in [3.05, 3.63) is 46.3 Å². The molecule has 0 aliphatic heterocycles. The molecule has 0 aliphatic rings. The van der Waals surface area contributed by atoms with Crippen molar-refractivity contribution in [2.45, 2.75) is 6.92 Å². The van der Waals surface area contributed by atoms with E-state index in [1.807, 2.05) is 19.1 Å². The first-order valence-electron chi connectivity index (χ1n) is 5.68. The Kier molecular flexibility index (Phi) is 4.11. The van der Waals surface area contributed by atoms with E-state index in [1.165, 1.54) is 0 Å². The maximum atomic E-state index is 12.2. The smallest absolute Gasteiger partial charge is 0.260 e. The van der Waals surface area contributed by atoms with Crippen molar-refractivity contribution in [3.8, 4) is 0 Å². The molecule has 0 atom stereocenters. The van der Waals surface area contributed by atoms with Gasteiger partial charge in [-0.05, 0) is 41.1 Å². The molecule has 2 aromatic heterocycles. The van der Waals surface area contributed by atoms with Gasteiger partial charge in [0.05, 0.1) is 15.7 Å². The second-order valence-electron chi connectivity index (χ2n) is 3.91. The van der Waals surface area contributed by atoms with Crippen LogP contribution in [0.15, 0.2) is 35.1 Å². The van der Waals surface area contributed by atoms with Crippen molar-refractivity contribution < 1.29 is 4.79 Å². The van der Waals surface area contributed by atoms with Crippen LogP contribution in [0.5, 0.6) is 0 Å². The van der Waals surface area contributed by atoms with Crippen LogP contribution in [0.25, 0.3) is 0 Å². The van der Waals surface area contributed by atoms with Crippen molar-refractivity contribution in [2.75, 3.05) is 17.7 Å². The standard InChI is InChI=1S/C13H13BrN4O/c1-8-6-11(15-2)9(7-17-8)13(19)18-12-10(14)4-3-5-16-12/h3-7H,1-2H3,(H,15,17)(H,16,18,19). The van der Waals surface area contributed by atoms with Gasteiger partial charge in [0, 0.05) is 25.1 Å². The maximum absolute atomic E-state index is 12.2. The number of aromatic nitrogens is 2. The fourth-order valence-electron chi connectivity index (χ4n) is 1.60. The molecule has 0 radical (unpaired) electrons. The third-order valence-corrected chi connectivity index (χ3v) is 3.18. The summed E-state index contributed by atoms with van der Waals surface area (Å²) < 4.78 is 0.731. The molecular weight excluding hydrogens is 308 g/mol. The lowest BCUT2D eigenvalue weighted by molar-refractivity contribution is 0.102. The third kappa shape index (κ3) is 3.08. The molecule has 1 amide bonds. The van der Waals surface area contributed by atoms with E-state index in [4.69, 9.17) is 0 Å². The summed E-state index contributed by atoms with van der Waals surface area (Å²) in [6.07, 6.45) is 3.17. The van der Waals surface area contributed by atoms with Gasteiger partial charge in [-0.25, -0.2) is 4.98 Å². The monoisotopic (exact) mass is 320 g/mol. The van der Waals surface area contributed by atoms with Crippen molar-refractivity contribution in [3.63, 3.8) is 0 Å². The number of nitrogens with one attached hydrogen (secondary N) is 2. The Hall–Kier alpha value is -1.95. The fourth-order valence-corrected chi connectivity index (χ4v) is 1.95. The molecule has 2 rings (SSSR count). The number of anilines is 2. The number of rotatable bonds is 3. The highest BCUT2D eigenvalue weighted by molar-refractivity contribution is 9.10. The summed E-state index contributed by atoms with van der Waals surface area (Å²) in [4.78, 5) is 20.4. The summed E-state index contributed by atoms with van der Waals surface area (Å²) in [6, 6.07) is 5.42. The lowest BCUT2D eigenvalue weighted by Gasteiger charge is -2.10. The zero-order valence-corrected chi connectivity index (χ0v) is 12.2. The third-order valence-electron chi connectivity index (χ3n) is 2.55. The number of nitrogens with zero attached hydrogens (tertiary/aromatic N) is 2. The first kappa shape index (κ1) is 13.5. The Bertz CT molecular complexity index is 615. The minimum Gasteiger partial charge on any atom is -0.387 e. The number of hydrogen-bond donors (Lipinski definition) is 2. The molecule has 2 N–H and O–H groups in total. The van der Waals surface area contributed by atoms with Crippen molar-refractivity contribution in [1.82, 2.24) is 9.97 Å². The van der Waals surface area contributed by atoms with Gasteiger partial charge >= 0.3 is 0 Å². The van der Waals surface area contributed by atoms with E-state index < -0.39 is 0 Å². The number of hydrogen-bond acceptors (Lipinski definition) is 4. The molecule has 0 aliphatic carbocycles. The number of halogens is 1. The highest BCUT2D eigenvalue weighted by Gasteiger charge is 2.13. The lowest BCUT2D eigenvalue weighted by atomic mass is 10.2. The van der Waals surface area contributed by atoms with Crippen molar-refractivity contribution in [2.24, 2.45) is 0 Å². The normalized spacial score (nSPS) is 10.1. The number of pyridine rings is 2. The predicted molar refractivity (Wildman–Crippen MR) is 78.4 cm³/mol. The molecule has 0 saturated carbocycles. The Morgan fingerprint density at radius 2 is 2.16 bits per heavy atom. The van der Waals surface area contributed by atoms with Gasteiger partial charge in [-0.15, -0.1) is 0 Å². The summed E-state index contributed by atoms with van der Waals surface area (Å²) in [7, 11) is 1.77. The lowest BCUT2D eigenvalue weighted by Crippen LogP contribution is -2.15. The Morgan fingerprint density at radius 1 is 1.37 bits per heavy atom. The molecule has 0 fully saturated rings. The molecule has 2 heterocycles. The second-order valence-corrected chi connectivity index (χ2v) is 4.76. The summed E-state index contributed by atoms with van der Waals surface area (Å²) in [5.74, 6) is 0.228. The van der Waals surface area contributed by atoms with E-state index in [0.29, 0.717) is 11.4 Å². The van der Waals surface area contributed by atoms with Gasteiger partial charge in [-0.3, -0.25) is 9.78 Å². The van der Waals surface area contributed by atoms with Crippen LogP contribution in [0.4, 0.5) is 11.5 Å². The van der Waals surface area contributed by atoms with Gasteiger partial charge in [0.2, 0.25) is 0 Å². The average molecular weight is 321 g/mol. The first-order chi connectivity index (χ1) is 9.11.